The van der Waals surface area contributed by atoms with Gasteiger partial charge in [0.1, 0.15) is 0 Å². The highest BCUT2D eigenvalue weighted by molar-refractivity contribution is 5.86. The summed E-state index contributed by atoms with van der Waals surface area (Å²) in [6, 6.07) is 15.6. The third-order valence-electron chi connectivity index (χ3n) is 4.71. The molecule has 21 heavy (non-hydrogen) atoms. The van der Waals surface area contributed by atoms with Crippen LogP contribution in [0, 0.1) is 0 Å². The molecule has 0 aliphatic heterocycles. The second-order valence-electron chi connectivity index (χ2n) is 6.12. The van der Waals surface area contributed by atoms with Gasteiger partial charge in [0.05, 0.1) is 6.04 Å². The molecule has 1 atom stereocenters. The van der Waals surface area contributed by atoms with E-state index in [4.69, 9.17) is 0 Å². The quantitative estimate of drug-likeness (QED) is 0.854. The smallest absolute Gasteiger partial charge is 0.0505 e. The van der Waals surface area contributed by atoms with E-state index in [1.165, 1.54) is 16.3 Å². The normalized spacial score (nSPS) is 13.8. The molecule has 2 aromatic carbocycles. The molecule has 0 spiro atoms. The number of nitrogens with one attached hydrogen (secondary N) is 1. The lowest BCUT2D eigenvalue weighted by atomic mass is 9.84. The first-order valence-electron chi connectivity index (χ1n) is 7.96. The van der Waals surface area contributed by atoms with Crippen LogP contribution in [0.4, 0.5) is 0 Å². The molecule has 1 N–H and O–H groups in total. The fourth-order valence-electron chi connectivity index (χ4n) is 3.61. The van der Waals surface area contributed by atoms with Crippen LogP contribution in [-0.4, -0.2) is 30.6 Å². The van der Waals surface area contributed by atoms with E-state index in [1.807, 2.05) is 0 Å². The molecule has 0 saturated carbocycles. The summed E-state index contributed by atoms with van der Waals surface area (Å²) in [5.74, 6) is 0. The molecule has 0 heterocycles. The molecule has 0 aromatic heterocycles. The third kappa shape index (κ3) is 2.97. The van der Waals surface area contributed by atoms with Crippen LogP contribution in [0.15, 0.2) is 42.5 Å². The van der Waals surface area contributed by atoms with E-state index in [1.54, 1.807) is 0 Å². The number of nitrogens with zero attached hydrogens (tertiary/aromatic N) is 1. The molecule has 114 valence electrons. The van der Waals surface area contributed by atoms with Gasteiger partial charge >= 0.3 is 0 Å². The van der Waals surface area contributed by atoms with E-state index in [2.05, 4.69) is 87.4 Å². The predicted molar refractivity (Wildman–Crippen MR) is 92.7 cm³/mol. The Kier molecular flexibility index (Phi) is 5.02. The van der Waals surface area contributed by atoms with E-state index in [-0.39, 0.29) is 5.54 Å². The number of hydrogen-bond acceptors (Lipinski definition) is 2. The third-order valence-corrected chi connectivity index (χ3v) is 4.71. The molecule has 0 aliphatic carbocycles. The van der Waals surface area contributed by atoms with Gasteiger partial charge in [-0.05, 0) is 50.3 Å². The second kappa shape index (κ2) is 6.59. The van der Waals surface area contributed by atoms with Crippen molar-refractivity contribution < 1.29 is 0 Å². The Hall–Kier alpha value is -1.38. The molecular weight excluding hydrogens is 256 g/mol. The zero-order valence-corrected chi connectivity index (χ0v) is 14.0. The Morgan fingerprint density at radius 1 is 1.00 bits per heavy atom. The minimum absolute atomic E-state index is 0.0579. The molecule has 2 nitrogen and oxygen atoms in total. The summed E-state index contributed by atoms with van der Waals surface area (Å²) in [4.78, 5) is 2.52. The van der Waals surface area contributed by atoms with Crippen LogP contribution in [0.1, 0.15) is 39.3 Å². The number of hydrogen-bond donors (Lipinski definition) is 1. The zero-order valence-electron chi connectivity index (χ0n) is 14.0. The van der Waals surface area contributed by atoms with Crippen molar-refractivity contribution in [2.75, 3.05) is 20.1 Å². The summed E-state index contributed by atoms with van der Waals surface area (Å²) >= 11 is 0. The summed E-state index contributed by atoms with van der Waals surface area (Å²) in [6.45, 7) is 11.3. The van der Waals surface area contributed by atoms with Crippen molar-refractivity contribution in [2.24, 2.45) is 0 Å². The van der Waals surface area contributed by atoms with Gasteiger partial charge in [-0.3, -0.25) is 4.90 Å². The first-order chi connectivity index (χ1) is 10.1. The van der Waals surface area contributed by atoms with E-state index in [0.29, 0.717) is 6.04 Å². The van der Waals surface area contributed by atoms with Crippen LogP contribution in [0.2, 0.25) is 0 Å². The first kappa shape index (κ1) is 16.0. The summed E-state index contributed by atoms with van der Waals surface area (Å²) < 4.78 is 0. The largest absolute Gasteiger partial charge is 0.311 e. The van der Waals surface area contributed by atoms with Crippen LogP contribution in [-0.2, 0) is 0 Å². The standard InChI is InChI=1S/C19H28N2/c1-6-21(7-2)19(3,4)18(20-5)17-14-10-12-15-11-8-9-13-16(15)17/h8-14,18,20H,6-7H2,1-5H3. The average Bonchev–Trinajstić information content (AvgIpc) is 2.49. The Bertz CT molecular complexity index is 580. The molecule has 0 radical (unpaired) electrons. The van der Waals surface area contributed by atoms with E-state index in [9.17, 15) is 0 Å². The molecule has 0 fully saturated rings. The molecule has 0 bridgehead atoms. The molecule has 1 unspecified atom stereocenters. The minimum atomic E-state index is 0.0579. The molecule has 2 aromatic rings. The number of rotatable bonds is 6. The topological polar surface area (TPSA) is 15.3 Å². The summed E-state index contributed by atoms with van der Waals surface area (Å²) in [6.07, 6.45) is 0. The Morgan fingerprint density at radius 3 is 2.24 bits per heavy atom. The maximum Gasteiger partial charge on any atom is 0.0505 e. The maximum atomic E-state index is 3.56. The predicted octanol–water partition coefficient (Wildman–Crippen LogP) is 4.22. The van der Waals surface area contributed by atoms with Crippen molar-refractivity contribution in [3.8, 4) is 0 Å². The van der Waals surface area contributed by atoms with Crippen molar-refractivity contribution in [2.45, 2.75) is 39.3 Å². The minimum Gasteiger partial charge on any atom is -0.311 e. The van der Waals surface area contributed by atoms with Gasteiger partial charge < -0.3 is 5.32 Å². The monoisotopic (exact) mass is 284 g/mol. The zero-order chi connectivity index (χ0) is 15.5. The first-order valence-corrected chi connectivity index (χ1v) is 7.96. The van der Waals surface area contributed by atoms with Gasteiger partial charge in [0.2, 0.25) is 0 Å². The van der Waals surface area contributed by atoms with Crippen LogP contribution in [0.5, 0.6) is 0 Å². The SMILES string of the molecule is CCN(CC)C(C)(C)C(NC)c1cccc2ccccc12. The molecule has 0 saturated heterocycles. The fraction of sp³-hybridized carbons (Fsp3) is 0.474. The van der Waals surface area contributed by atoms with Crippen molar-refractivity contribution >= 4 is 10.8 Å². The Labute approximate surface area is 129 Å². The van der Waals surface area contributed by atoms with Gasteiger partial charge in [0.15, 0.2) is 0 Å². The average molecular weight is 284 g/mol. The van der Waals surface area contributed by atoms with Gasteiger partial charge in [-0.15, -0.1) is 0 Å². The highest BCUT2D eigenvalue weighted by Crippen LogP contribution is 2.34. The number of likely N-dealkylation sites (N-methyl/N-ethyl adjacent to an activating group) is 2. The van der Waals surface area contributed by atoms with Crippen molar-refractivity contribution in [1.82, 2.24) is 10.2 Å². The van der Waals surface area contributed by atoms with Gasteiger partial charge in [0, 0.05) is 5.54 Å². The highest BCUT2D eigenvalue weighted by atomic mass is 15.2. The van der Waals surface area contributed by atoms with Gasteiger partial charge in [-0.25, -0.2) is 0 Å². The Morgan fingerprint density at radius 2 is 1.62 bits per heavy atom. The second-order valence-corrected chi connectivity index (χ2v) is 6.12. The lowest BCUT2D eigenvalue weighted by Gasteiger charge is -2.44. The lowest BCUT2D eigenvalue weighted by Crippen LogP contribution is -2.52. The van der Waals surface area contributed by atoms with Gasteiger partial charge in [-0.1, -0.05) is 56.3 Å². The molecule has 0 aliphatic rings. The summed E-state index contributed by atoms with van der Waals surface area (Å²) in [7, 11) is 2.07. The van der Waals surface area contributed by atoms with E-state index >= 15 is 0 Å². The highest BCUT2D eigenvalue weighted by Gasteiger charge is 2.34. The number of fused-ring (bicyclic) bond motifs is 1. The number of benzene rings is 2. The van der Waals surface area contributed by atoms with Crippen molar-refractivity contribution in [1.29, 1.82) is 0 Å². The summed E-state index contributed by atoms with van der Waals surface area (Å²) in [5, 5.41) is 6.22. The van der Waals surface area contributed by atoms with Crippen LogP contribution in [0.3, 0.4) is 0 Å². The van der Waals surface area contributed by atoms with Crippen LogP contribution < -0.4 is 5.32 Å². The van der Waals surface area contributed by atoms with Crippen LogP contribution >= 0.6 is 0 Å². The van der Waals surface area contributed by atoms with Gasteiger partial charge in [-0.2, -0.15) is 0 Å². The maximum absolute atomic E-state index is 3.56. The lowest BCUT2D eigenvalue weighted by molar-refractivity contribution is 0.0950. The van der Waals surface area contributed by atoms with E-state index in [0.717, 1.165) is 13.1 Å². The summed E-state index contributed by atoms with van der Waals surface area (Å²) in [5.41, 5.74) is 1.44. The fourth-order valence-corrected chi connectivity index (χ4v) is 3.61. The van der Waals surface area contributed by atoms with Crippen LogP contribution in [0.25, 0.3) is 10.8 Å². The van der Waals surface area contributed by atoms with Crippen molar-refractivity contribution in [3.05, 3.63) is 48.0 Å². The molecule has 2 rings (SSSR count). The van der Waals surface area contributed by atoms with Gasteiger partial charge in [0.25, 0.3) is 0 Å². The molecule has 2 heteroatoms. The molecular formula is C19H28N2. The molecule has 0 amide bonds. The van der Waals surface area contributed by atoms with Crippen molar-refractivity contribution in [3.63, 3.8) is 0 Å². The Balaban J connectivity index is 2.54. The van der Waals surface area contributed by atoms with E-state index < -0.39 is 0 Å².